The number of hydrogen-bond donors (Lipinski definition) is 2. The van der Waals surface area contributed by atoms with Gasteiger partial charge in [0, 0.05) is 18.8 Å². The lowest BCUT2D eigenvalue weighted by Gasteiger charge is -2.07. The van der Waals surface area contributed by atoms with Gasteiger partial charge in [0.25, 0.3) is 0 Å². The summed E-state index contributed by atoms with van der Waals surface area (Å²) in [4.78, 5) is 0. The van der Waals surface area contributed by atoms with Gasteiger partial charge in [-0.1, -0.05) is 12.1 Å². The number of aliphatic hydroxyl groups excluding tert-OH is 1. The minimum atomic E-state index is 0.278. The van der Waals surface area contributed by atoms with E-state index in [4.69, 9.17) is 5.11 Å². The Kier molecular flexibility index (Phi) is 3.62. The maximum absolute atomic E-state index is 8.77. The molecule has 2 nitrogen and oxygen atoms in total. The van der Waals surface area contributed by atoms with Gasteiger partial charge in [-0.05, 0) is 49.3 Å². The number of anilines is 1. The van der Waals surface area contributed by atoms with Crippen molar-refractivity contribution in [1.82, 2.24) is 0 Å². The van der Waals surface area contributed by atoms with E-state index in [0.29, 0.717) is 0 Å². The zero-order chi connectivity index (χ0) is 10.5. The normalized spacial score (nSPS) is 15.3. The molecule has 1 aliphatic rings. The van der Waals surface area contributed by atoms with Crippen LogP contribution in [-0.4, -0.2) is 18.3 Å². The molecule has 0 amide bonds. The predicted molar refractivity (Wildman–Crippen MR) is 63.1 cm³/mol. The molecular weight excluding hydrogens is 186 g/mol. The molecule has 1 saturated carbocycles. The number of aliphatic hydroxyl groups is 1. The van der Waals surface area contributed by atoms with Crippen molar-refractivity contribution < 1.29 is 5.11 Å². The van der Waals surface area contributed by atoms with E-state index < -0.39 is 0 Å². The minimum Gasteiger partial charge on any atom is -0.396 e. The van der Waals surface area contributed by atoms with Crippen LogP contribution in [0.2, 0.25) is 0 Å². The summed E-state index contributed by atoms with van der Waals surface area (Å²) in [5.74, 6) is 0.908. The van der Waals surface area contributed by atoms with Crippen molar-refractivity contribution in [3.63, 3.8) is 0 Å². The van der Waals surface area contributed by atoms with E-state index in [1.807, 2.05) is 0 Å². The van der Waals surface area contributed by atoms with Crippen molar-refractivity contribution in [2.75, 3.05) is 18.5 Å². The summed E-state index contributed by atoms with van der Waals surface area (Å²) >= 11 is 0. The average molecular weight is 205 g/mol. The second-order valence-corrected chi connectivity index (χ2v) is 4.35. The first-order valence-corrected chi connectivity index (χ1v) is 5.82. The zero-order valence-corrected chi connectivity index (χ0v) is 9.08. The minimum absolute atomic E-state index is 0.278. The number of nitrogens with one attached hydrogen (secondary N) is 1. The van der Waals surface area contributed by atoms with Crippen molar-refractivity contribution in [2.45, 2.75) is 25.7 Å². The summed E-state index contributed by atoms with van der Waals surface area (Å²) in [6.45, 7) is 1.39. The number of aryl methyl sites for hydroxylation is 1. The van der Waals surface area contributed by atoms with Gasteiger partial charge in [-0.25, -0.2) is 0 Å². The van der Waals surface area contributed by atoms with Gasteiger partial charge in [-0.15, -0.1) is 0 Å². The highest BCUT2D eigenvalue weighted by Gasteiger charge is 2.20. The lowest BCUT2D eigenvalue weighted by atomic mass is 10.1. The lowest BCUT2D eigenvalue weighted by molar-refractivity contribution is 0.288. The average Bonchev–Trinajstić information content (AvgIpc) is 3.08. The van der Waals surface area contributed by atoms with Crippen LogP contribution < -0.4 is 5.32 Å². The Morgan fingerprint density at radius 3 is 2.93 bits per heavy atom. The first-order valence-electron chi connectivity index (χ1n) is 5.82. The van der Waals surface area contributed by atoms with Gasteiger partial charge in [0.2, 0.25) is 0 Å². The van der Waals surface area contributed by atoms with Crippen LogP contribution >= 0.6 is 0 Å². The number of rotatable bonds is 6. The maximum atomic E-state index is 8.77. The van der Waals surface area contributed by atoms with Crippen LogP contribution in [0, 0.1) is 5.92 Å². The van der Waals surface area contributed by atoms with Crippen LogP contribution in [0.15, 0.2) is 24.3 Å². The Labute approximate surface area is 91.3 Å². The van der Waals surface area contributed by atoms with Crippen molar-refractivity contribution in [1.29, 1.82) is 0 Å². The third kappa shape index (κ3) is 3.56. The molecule has 0 atom stereocenters. The summed E-state index contributed by atoms with van der Waals surface area (Å²) in [6, 6.07) is 8.52. The summed E-state index contributed by atoms with van der Waals surface area (Å²) in [5.41, 5.74) is 2.53. The fraction of sp³-hybridized carbons (Fsp3) is 0.538. The molecule has 0 bridgehead atoms. The van der Waals surface area contributed by atoms with Crippen LogP contribution in [0.25, 0.3) is 0 Å². The topological polar surface area (TPSA) is 32.3 Å². The predicted octanol–water partition coefficient (Wildman–Crippen LogP) is 2.43. The molecule has 1 aliphatic carbocycles. The highest BCUT2D eigenvalue weighted by atomic mass is 16.2. The van der Waals surface area contributed by atoms with Gasteiger partial charge in [0.15, 0.2) is 0 Å². The van der Waals surface area contributed by atoms with Gasteiger partial charge in [0.1, 0.15) is 0 Å². The smallest absolute Gasteiger partial charge is 0.0434 e. The molecule has 0 heterocycles. The molecule has 0 aliphatic heterocycles. The fourth-order valence-electron chi connectivity index (χ4n) is 1.70. The summed E-state index contributed by atoms with van der Waals surface area (Å²) < 4.78 is 0. The number of benzene rings is 1. The van der Waals surface area contributed by atoms with Gasteiger partial charge in [-0.2, -0.15) is 0 Å². The van der Waals surface area contributed by atoms with E-state index in [1.165, 1.54) is 24.1 Å². The van der Waals surface area contributed by atoms with Crippen molar-refractivity contribution in [2.24, 2.45) is 5.92 Å². The Balaban J connectivity index is 1.85. The molecule has 82 valence electrons. The van der Waals surface area contributed by atoms with Crippen molar-refractivity contribution in [3.05, 3.63) is 29.8 Å². The highest BCUT2D eigenvalue weighted by molar-refractivity contribution is 5.45. The lowest BCUT2D eigenvalue weighted by Crippen LogP contribution is -2.03. The van der Waals surface area contributed by atoms with Crippen molar-refractivity contribution in [3.8, 4) is 0 Å². The zero-order valence-electron chi connectivity index (χ0n) is 9.08. The van der Waals surface area contributed by atoms with Crippen molar-refractivity contribution >= 4 is 5.69 Å². The largest absolute Gasteiger partial charge is 0.396 e. The molecule has 0 aromatic heterocycles. The molecule has 1 aromatic rings. The summed E-state index contributed by atoms with van der Waals surface area (Å²) in [6.07, 6.45) is 4.59. The van der Waals surface area contributed by atoms with Crippen LogP contribution in [-0.2, 0) is 6.42 Å². The standard InChI is InChI=1S/C13H19NO/c15-8-2-4-11-3-1-5-13(9-11)14-10-12-6-7-12/h1,3,5,9,12,14-15H,2,4,6-8,10H2. The van der Waals surface area contributed by atoms with Crippen LogP contribution in [0.4, 0.5) is 5.69 Å². The molecule has 0 spiro atoms. The quantitative estimate of drug-likeness (QED) is 0.747. The molecule has 1 fully saturated rings. The molecule has 0 unspecified atom stereocenters. The molecule has 2 heteroatoms. The van der Waals surface area contributed by atoms with Crippen LogP contribution in [0.3, 0.4) is 0 Å². The highest BCUT2D eigenvalue weighted by Crippen LogP contribution is 2.29. The Hall–Kier alpha value is -1.02. The second kappa shape index (κ2) is 5.17. The van der Waals surface area contributed by atoms with E-state index in [1.54, 1.807) is 0 Å². The van der Waals surface area contributed by atoms with E-state index in [2.05, 4.69) is 29.6 Å². The molecule has 0 saturated heterocycles. The summed E-state index contributed by atoms with van der Waals surface area (Å²) in [5, 5.41) is 12.2. The monoisotopic (exact) mass is 205 g/mol. The van der Waals surface area contributed by atoms with Crippen LogP contribution in [0.1, 0.15) is 24.8 Å². The van der Waals surface area contributed by atoms with Gasteiger partial charge < -0.3 is 10.4 Å². The molecular formula is C13H19NO. The van der Waals surface area contributed by atoms with E-state index >= 15 is 0 Å². The van der Waals surface area contributed by atoms with Gasteiger partial charge in [-0.3, -0.25) is 0 Å². The molecule has 2 N–H and O–H groups in total. The number of hydrogen-bond acceptors (Lipinski definition) is 2. The Bertz CT molecular complexity index is 307. The molecule has 1 aromatic carbocycles. The van der Waals surface area contributed by atoms with E-state index in [0.717, 1.165) is 25.3 Å². The first-order chi connectivity index (χ1) is 7.38. The summed E-state index contributed by atoms with van der Waals surface area (Å²) in [7, 11) is 0. The SMILES string of the molecule is OCCCc1cccc(NCC2CC2)c1. The van der Waals surface area contributed by atoms with E-state index in [-0.39, 0.29) is 6.61 Å². The molecule has 2 rings (SSSR count). The third-order valence-electron chi connectivity index (χ3n) is 2.84. The Morgan fingerprint density at radius 2 is 2.20 bits per heavy atom. The second-order valence-electron chi connectivity index (χ2n) is 4.35. The molecule has 15 heavy (non-hydrogen) atoms. The fourth-order valence-corrected chi connectivity index (χ4v) is 1.70. The van der Waals surface area contributed by atoms with Gasteiger partial charge in [0.05, 0.1) is 0 Å². The maximum Gasteiger partial charge on any atom is 0.0434 e. The van der Waals surface area contributed by atoms with E-state index in [9.17, 15) is 0 Å². The van der Waals surface area contributed by atoms with Gasteiger partial charge >= 0.3 is 0 Å². The Morgan fingerprint density at radius 1 is 1.33 bits per heavy atom. The third-order valence-corrected chi connectivity index (χ3v) is 2.84. The first kappa shape index (κ1) is 10.5. The van der Waals surface area contributed by atoms with Crippen LogP contribution in [0.5, 0.6) is 0 Å². The molecule has 0 radical (unpaired) electrons.